The van der Waals surface area contributed by atoms with Gasteiger partial charge in [-0.25, -0.2) is 9.59 Å². The number of anilines is 1. The molecule has 0 saturated heterocycles. The third-order valence-electron chi connectivity index (χ3n) is 2.23. The van der Waals surface area contributed by atoms with Crippen LogP contribution in [0.1, 0.15) is 34.1 Å². The van der Waals surface area contributed by atoms with E-state index in [2.05, 4.69) is 20.8 Å². The highest BCUT2D eigenvalue weighted by molar-refractivity contribution is 7.13. The van der Waals surface area contributed by atoms with Gasteiger partial charge in [0.2, 0.25) is 5.13 Å². The van der Waals surface area contributed by atoms with Gasteiger partial charge in [-0.15, -0.1) is 10.2 Å². The maximum absolute atomic E-state index is 11.9. The lowest BCUT2D eigenvalue weighted by Crippen LogP contribution is -2.45. The molecule has 0 unspecified atom stereocenters. The van der Waals surface area contributed by atoms with Crippen molar-refractivity contribution in [1.82, 2.24) is 15.5 Å². The molecular formula is C12H20N4O3S. The van der Waals surface area contributed by atoms with Crippen LogP contribution in [0.5, 0.6) is 0 Å². The van der Waals surface area contributed by atoms with Gasteiger partial charge in [-0.1, -0.05) is 25.2 Å². The van der Waals surface area contributed by atoms with E-state index in [1.165, 1.54) is 16.8 Å². The molecule has 0 radical (unpaired) electrons. The number of rotatable bonds is 6. The fourth-order valence-corrected chi connectivity index (χ4v) is 1.96. The van der Waals surface area contributed by atoms with Gasteiger partial charge in [0.15, 0.2) is 0 Å². The molecule has 0 fully saturated rings. The number of nitrogens with zero attached hydrogens (tertiary/aromatic N) is 2. The molecule has 1 rings (SSSR count). The fraction of sp³-hybridized carbons (Fsp3) is 0.667. The molecule has 112 valence electrons. The number of esters is 1. The second-order valence-electron chi connectivity index (χ2n) is 5.01. The van der Waals surface area contributed by atoms with Gasteiger partial charge in [0.25, 0.3) is 0 Å². The summed E-state index contributed by atoms with van der Waals surface area (Å²) < 4.78 is 5.14. The maximum atomic E-state index is 11.9. The lowest BCUT2D eigenvalue weighted by Gasteiger charge is -2.20. The number of hydrogen-bond acceptors (Lipinski definition) is 6. The van der Waals surface area contributed by atoms with Gasteiger partial charge in [-0.2, -0.15) is 0 Å². The summed E-state index contributed by atoms with van der Waals surface area (Å²) in [4.78, 5) is 23.7. The molecule has 1 aromatic heterocycles. The van der Waals surface area contributed by atoms with Crippen LogP contribution in [-0.2, 0) is 9.53 Å². The van der Waals surface area contributed by atoms with E-state index in [1.54, 1.807) is 13.8 Å². The summed E-state index contributed by atoms with van der Waals surface area (Å²) >= 11 is 1.20. The summed E-state index contributed by atoms with van der Waals surface area (Å²) in [5.41, 5.74) is 1.51. The van der Waals surface area contributed by atoms with E-state index in [1.807, 2.05) is 13.8 Å². The van der Waals surface area contributed by atoms with Crippen molar-refractivity contribution in [3.05, 3.63) is 5.51 Å². The third-order valence-corrected chi connectivity index (χ3v) is 2.84. The normalized spacial score (nSPS) is 12.3. The van der Waals surface area contributed by atoms with Crippen molar-refractivity contribution in [2.24, 2.45) is 5.92 Å². The van der Waals surface area contributed by atoms with Gasteiger partial charge in [0, 0.05) is 0 Å². The van der Waals surface area contributed by atoms with Crippen LogP contribution in [0.15, 0.2) is 5.51 Å². The first-order valence-corrected chi connectivity index (χ1v) is 7.30. The van der Waals surface area contributed by atoms with Crippen molar-refractivity contribution in [2.45, 2.75) is 46.3 Å². The molecule has 0 aliphatic rings. The van der Waals surface area contributed by atoms with Crippen LogP contribution in [0, 0.1) is 5.92 Å². The lowest BCUT2D eigenvalue weighted by atomic mass is 10.0. The average Bonchev–Trinajstić information content (AvgIpc) is 2.79. The molecule has 0 saturated carbocycles. The topological polar surface area (TPSA) is 93.2 Å². The van der Waals surface area contributed by atoms with Crippen molar-refractivity contribution in [1.29, 1.82) is 0 Å². The maximum Gasteiger partial charge on any atom is 0.328 e. The molecule has 2 amide bonds. The molecule has 1 heterocycles. The van der Waals surface area contributed by atoms with E-state index < -0.39 is 18.0 Å². The van der Waals surface area contributed by atoms with Crippen LogP contribution in [0.25, 0.3) is 0 Å². The third kappa shape index (κ3) is 5.96. The molecular weight excluding hydrogens is 280 g/mol. The van der Waals surface area contributed by atoms with Crippen LogP contribution in [0.3, 0.4) is 0 Å². The Kier molecular flexibility index (Phi) is 6.37. The van der Waals surface area contributed by atoms with E-state index in [9.17, 15) is 9.59 Å². The molecule has 0 aromatic carbocycles. The zero-order chi connectivity index (χ0) is 15.1. The zero-order valence-electron chi connectivity index (χ0n) is 12.0. The van der Waals surface area contributed by atoms with Crippen LogP contribution in [0.2, 0.25) is 0 Å². The van der Waals surface area contributed by atoms with Gasteiger partial charge in [-0.05, 0) is 26.2 Å². The first-order valence-electron chi connectivity index (χ1n) is 6.42. The van der Waals surface area contributed by atoms with Crippen LogP contribution >= 0.6 is 11.3 Å². The van der Waals surface area contributed by atoms with Crippen molar-refractivity contribution in [3.8, 4) is 0 Å². The summed E-state index contributed by atoms with van der Waals surface area (Å²) in [6, 6.07) is -1.17. The van der Waals surface area contributed by atoms with E-state index in [4.69, 9.17) is 4.74 Å². The smallest absolute Gasteiger partial charge is 0.328 e. The highest BCUT2D eigenvalue weighted by Crippen LogP contribution is 2.10. The Bertz CT molecular complexity index is 434. The summed E-state index contributed by atoms with van der Waals surface area (Å²) in [7, 11) is 0. The SMILES string of the molecule is CC(C)C[C@H](NC(=O)Nc1nncs1)C(=O)OC(C)C. The van der Waals surface area contributed by atoms with Crippen molar-refractivity contribution in [2.75, 3.05) is 5.32 Å². The van der Waals surface area contributed by atoms with Gasteiger partial charge < -0.3 is 10.1 Å². The van der Waals surface area contributed by atoms with Crippen LogP contribution in [0.4, 0.5) is 9.93 Å². The quantitative estimate of drug-likeness (QED) is 0.784. The predicted octanol–water partition coefficient (Wildman–Crippen LogP) is 2.03. The molecule has 0 spiro atoms. The fourth-order valence-electron chi connectivity index (χ4n) is 1.52. The lowest BCUT2D eigenvalue weighted by molar-refractivity contribution is -0.150. The van der Waals surface area contributed by atoms with E-state index >= 15 is 0 Å². The Morgan fingerprint density at radius 2 is 2.05 bits per heavy atom. The number of ether oxygens (including phenoxy) is 1. The van der Waals surface area contributed by atoms with Crippen molar-refractivity contribution in [3.63, 3.8) is 0 Å². The van der Waals surface area contributed by atoms with Crippen molar-refractivity contribution >= 4 is 28.5 Å². The molecule has 0 bridgehead atoms. The van der Waals surface area contributed by atoms with Gasteiger partial charge in [0.1, 0.15) is 11.6 Å². The highest BCUT2D eigenvalue weighted by Gasteiger charge is 2.24. The zero-order valence-corrected chi connectivity index (χ0v) is 12.9. The van der Waals surface area contributed by atoms with Gasteiger partial charge >= 0.3 is 12.0 Å². The summed E-state index contributed by atoms with van der Waals surface area (Å²) in [6.07, 6.45) is 0.292. The predicted molar refractivity (Wildman–Crippen MR) is 76.5 cm³/mol. The minimum Gasteiger partial charge on any atom is -0.461 e. The molecule has 0 aliphatic carbocycles. The van der Waals surface area contributed by atoms with Gasteiger partial charge in [-0.3, -0.25) is 5.32 Å². The molecule has 8 heteroatoms. The Hall–Kier alpha value is -1.70. The molecule has 2 N–H and O–H groups in total. The number of carbonyl (C=O) groups excluding carboxylic acids is 2. The van der Waals surface area contributed by atoms with E-state index in [0.29, 0.717) is 11.6 Å². The van der Waals surface area contributed by atoms with Crippen LogP contribution < -0.4 is 10.6 Å². The average molecular weight is 300 g/mol. The number of aromatic nitrogens is 2. The molecule has 1 atom stereocenters. The number of hydrogen-bond donors (Lipinski definition) is 2. The Labute approximate surface area is 122 Å². The first-order chi connectivity index (χ1) is 9.38. The second kappa shape index (κ2) is 7.78. The number of carbonyl (C=O) groups is 2. The van der Waals surface area contributed by atoms with E-state index in [0.717, 1.165) is 0 Å². The Morgan fingerprint density at radius 1 is 1.35 bits per heavy atom. The molecule has 20 heavy (non-hydrogen) atoms. The monoisotopic (exact) mass is 300 g/mol. The van der Waals surface area contributed by atoms with Gasteiger partial charge in [0.05, 0.1) is 6.10 Å². The molecule has 1 aromatic rings. The first kappa shape index (κ1) is 16.4. The molecule has 0 aliphatic heterocycles. The summed E-state index contributed by atoms with van der Waals surface area (Å²) in [5.74, 6) is -0.178. The number of amides is 2. The Morgan fingerprint density at radius 3 is 2.55 bits per heavy atom. The van der Waals surface area contributed by atoms with E-state index in [-0.39, 0.29) is 12.0 Å². The summed E-state index contributed by atoms with van der Waals surface area (Å²) in [6.45, 7) is 7.48. The number of urea groups is 1. The Balaban J connectivity index is 2.59. The minimum atomic E-state index is -0.676. The summed E-state index contributed by atoms with van der Waals surface area (Å²) in [5, 5.41) is 12.8. The minimum absolute atomic E-state index is 0.217. The van der Waals surface area contributed by atoms with Crippen molar-refractivity contribution < 1.29 is 14.3 Å². The molecule has 7 nitrogen and oxygen atoms in total. The number of nitrogens with one attached hydrogen (secondary N) is 2. The second-order valence-corrected chi connectivity index (χ2v) is 5.84. The largest absolute Gasteiger partial charge is 0.461 e. The van der Waals surface area contributed by atoms with Crippen LogP contribution in [-0.4, -0.2) is 34.3 Å². The standard InChI is InChI=1S/C12H20N4O3S/c1-7(2)5-9(10(17)19-8(3)4)14-11(18)15-12-16-13-6-20-12/h6-9H,5H2,1-4H3,(H2,14,15,16,18)/t9-/m0/s1. The highest BCUT2D eigenvalue weighted by atomic mass is 32.1.